The standard InChI is InChI=1S/C22H36N6/c1-23-21(28-12-10-22(18-28)8-4-3-5-9-22)25-17-19-7-6-11-24-20(19)27-15-13-26(2)14-16-27/h6-7,11H,3-5,8-10,12-18H2,1-2H3,(H,23,25). The first-order chi connectivity index (χ1) is 13.7. The highest BCUT2D eigenvalue weighted by Gasteiger charge is 2.39. The van der Waals surface area contributed by atoms with Gasteiger partial charge in [-0.1, -0.05) is 25.3 Å². The van der Waals surface area contributed by atoms with Crippen molar-refractivity contribution in [2.24, 2.45) is 10.4 Å². The van der Waals surface area contributed by atoms with Crippen LogP contribution >= 0.6 is 0 Å². The molecule has 1 spiro atoms. The molecule has 3 aliphatic rings. The zero-order valence-corrected chi connectivity index (χ0v) is 17.7. The first kappa shape index (κ1) is 19.5. The van der Waals surface area contributed by atoms with Gasteiger partial charge < -0.3 is 20.0 Å². The van der Waals surface area contributed by atoms with Gasteiger partial charge in [0.1, 0.15) is 5.82 Å². The van der Waals surface area contributed by atoms with Crippen molar-refractivity contribution in [3.8, 4) is 0 Å². The smallest absolute Gasteiger partial charge is 0.193 e. The van der Waals surface area contributed by atoms with Crippen LogP contribution in [0, 0.1) is 5.41 Å². The van der Waals surface area contributed by atoms with Gasteiger partial charge in [-0.05, 0) is 37.8 Å². The molecule has 2 aliphatic heterocycles. The highest BCUT2D eigenvalue weighted by atomic mass is 15.3. The molecule has 1 aromatic heterocycles. The van der Waals surface area contributed by atoms with Gasteiger partial charge in [-0.2, -0.15) is 0 Å². The van der Waals surface area contributed by atoms with Gasteiger partial charge in [0.2, 0.25) is 0 Å². The SMILES string of the molecule is CN=C(NCc1cccnc1N1CCN(C)CC1)N1CCC2(CCCCC2)C1. The molecule has 3 heterocycles. The number of likely N-dealkylation sites (N-methyl/N-ethyl adjacent to an activating group) is 1. The molecule has 1 N–H and O–H groups in total. The summed E-state index contributed by atoms with van der Waals surface area (Å²) in [6, 6.07) is 4.25. The van der Waals surface area contributed by atoms with Crippen LogP contribution in [0.2, 0.25) is 0 Å². The van der Waals surface area contributed by atoms with Crippen LogP contribution in [0.25, 0.3) is 0 Å². The summed E-state index contributed by atoms with van der Waals surface area (Å²) in [4.78, 5) is 16.6. The number of aromatic nitrogens is 1. The zero-order chi connectivity index (χ0) is 19.4. The second-order valence-corrected chi connectivity index (χ2v) is 8.91. The Labute approximate surface area is 170 Å². The van der Waals surface area contributed by atoms with E-state index in [1.54, 1.807) is 0 Å². The number of guanidine groups is 1. The number of aliphatic imine (C=N–C) groups is 1. The molecular weight excluding hydrogens is 348 g/mol. The van der Waals surface area contributed by atoms with Gasteiger partial charge in [-0.3, -0.25) is 4.99 Å². The number of pyridine rings is 1. The van der Waals surface area contributed by atoms with E-state index in [-0.39, 0.29) is 0 Å². The lowest BCUT2D eigenvalue weighted by atomic mass is 9.73. The molecule has 6 heteroatoms. The van der Waals surface area contributed by atoms with Gasteiger partial charge >= 0.3 is 0 Å². The van der Waals surface area contributed by atoms with Gasteiger partial charge in [0.05, 0.1) is 0 Å². The lowest BCUT2D eigenvalue weighted by molar-refractivity contribution is 0.203. The first-order valence-electron chi connectivity index (χ1n) is 11.0. The summed E-state index contributed by atoms with van der Waals surface area (Å²) < 4.78 is 0. The predicted octanol–water partition coefficient (Wildman–Crippen LogP) is 2.56. The molecule has 0 atom stereocenters. The summed E-state index contributed by atoms with van der Waals surface area (Å²) in [6.07, 6.45) is 10.3. The molecule has 4 rings (SSSR count). The third-order valence-electron chi connectivity index (χ3n) is 6.97. The predicted molar refractivity (Wildman–Crippen MR) is 116 cm³/mol. The van der Waals surface area contributed by atoms with Crippen molar-refractivity contribution in [1.82, 2.24) is 20.1 Å². The quantitative estimate of drug-likeness (QED) is 0.641. The number of hydrogen-bond acceptors (Lipinski definition) is 4. The third-order valence-corrected chi connectivity index (χ3v) is 6.97. The van der Waals surface area contributed by atoms with Crippen molar-refractivity contribution in [1.29, 1.82) is 0 Å². The first-order valence-corrected chi connectivity index (χ1v) is 11.0. The van der Waals surface area contributed by atoms with Gasteiger partial charge in [0, 0.05) is 64.6 Å². The lowest BCUT2D eigenvalue weighted by Gasteiger charge is -2.34. The fourth-order valence-corrected chi connectivity index (χ4v) is 5.20. The third kappa shape index (κ3) is 4.27. The average molecular weight is 385 g/mol. The normalized spacial score (nSPS) is 23.4. The van der Waals surface area contributed by atoms with Crippen LogP contribution in [0.15, 0.2) is 23.3 Å². The topological polar surface area (TPSA) is 47.0 Å². The van der Waals surface area contributed by atoms with Gasteiger partial charge in [0.15, 0.2) is 5.96 Å². The van der Waals surface area contributed by atoms with Crippen LogP contribution in [-0.2, 0) is 6.54 Å². The lowest BCUT2D eigenvalue weighted by Crippen LogP contribution is -2.45. The molecule has 1 aliphatic carbocycles. The van der Waals surface area contributed by atoms with E-state index in [0.29, 0.717) is 5.41 Å². The Morgan fingerprint density at radius 3 is 2.64 bits per heavy atom. The Kier molecular flexibility index (Phi) is 6.04. The van der Waals surface area contributed by atoms with E-state index in [2.05, 4.69) is 38.1 Å². The molecule has 28 heavy (non-hydrogen) atoms. The Morgan fingerprint density at radius 1 is 1.11 bits per heavy atom. The maximum absolute atomic E-state index is 4.71. The molecule has 154 valence electrons. The van der Waals surface area contributed by atoms with Crippen LogP contribution in [-0.4, -0.2) is 74.1 Å². The zero-order valence-electron chi connectivity index (χ0n) is 17.7. The van der Waals surface area contributed by atoms with E-state index in [0.717, 1.165) is 51.0 Å². The Hall–Kier alpha value is -1.82. The highest BCUT2D eigenvalue weighted by molar-refractivity contribution is 5.80. The highest BCUT2D eigenvalue weighted by Crippen LogP contribution is 2.43. The average Bonchev–Trinajstić information content (AvgIpc) is 3.13. The van der Waals surface area contributed by atoms with Crippen LogP contribution in [0.3, 0.4) is 0 Å². The molecule has 6 nitrogen and oxygen atoms in total. The molecule has 1 aromatic rings. The van der Waals surface area contributed by atoms with Crippen molar-refractivity contribution >= 4 is 11.8 Å². The number of nitrogens with one attached hydrogen (secondary N) is 1. The minimum atomic E-state index is 0.551. The van der Waals surface area contributed by atoms with Gasteiger partial charge in [-0.15, -0.1) is 0 Å². The van der Waals surface area contributed by atoms with Crippen LogP contribution in [0.5, 0.6) is 0 Å². The molecule has 0 unspecified atom stereocenters. The maximum atomic E-state index is 4.71. The number of hydrogen-bond donors (Lipinski definition) is 1. The summed E-state index contributed by atoms with van der Waals surface area (Å²) in [5.41, 5.74) is 1.81. The van der Waals surface area contributed by atoms with Crippen molar-refractivity contribution in [3.63, 3.8) is 0 Å². The fraction of sp³-hybridized carbons (Fsp3) is 0.727. The largest absolute Gasteiger partial charge is 0.354 e. The molecule has 3 fully saturated rings. The Balaban J connectivity index is 1.38. The molecule has 2 saturated heterocycles. The van der Waals surface area contributed by atoms with E-state index in [1.165, 1.54) is 50.6 Å². The van der Waals surface area contributed by atoms with Crippen molar-refractivity contribution in [2.45, 2.75) is 45.1 Å². The number of rotatable bonds is 3. The Bertz CT molecular complexity index is 673. The Morgan fingerprint density at radius 2 is 1.89 bits per heavy atom. The van der Waals surface area contributed by atoms with Crippen molar-refractivity contribution in [3.05, 3.63) is 23.9 Å². The summed E-state index contributed by atoms with van der Waals surface area (Å²) in [5, 5.41) is 3.64. The monoisotopic (exact) mass is 384 g/mol. The molecule has 0 aromatic carbocycles. The summed E-state index contributed by atoms with van der Waals surface area (Å²) in [5.74, 6) is 2.18. The maximum Gasteiger partial charge on any atom is 0.193 e. The van der Waals surface area contributed by atoms with E-state index in [9.17, 15) is 0 Å². The second kappa shape index (κ2) is 8.68. The summed E-state index contributed by atoms with van der Waals surface area (Å²) in [6.45, 7) is 7.38. The van der Waals surface area contributed by atoms with E-state index >= 15 is 0 Å². The molecule has 1 saturated carbocycles. The second-order valence-electron chi connectivity index (χ2n) is 8.91. The van der Waals surface area contributed by atoms with E-state index in [4.69, 9.17) is 4.98 Å². The fourth-order valence-electron chi connectivity index (χ4n) is 5.20. The van der Waals surface area contributed by atoms with E-state index < -0.39 is 0 Å². The van der Waals surface area contributed by atoms with Gasteiger partial charge in [-0.25, -0.2) is 4.98 Å². The van der Waals surface area contributed by atoms with E-state index in [1.807, 2.05) is 19.3 Å². The van der Waals surface area contributed by atoms with Gasteiger partial charge in [0.25, 0.3) is 0 Å². The van der Waals surface area contributed by atoms with Crippen molar-refractivity contribution < 1.29 is 0 Å². The molecule has 0 radical (unpaired) electrons. The van der Waals surface area contributed by atoms with Crippen LogP contribution < -0.4 is 10.2 Å². The number of nitrogens with zero attached hydrogens (tertiary/aromatic N) is 5. The van der Waals surface area contributed by atoms with Crippen LogP contribution in [0.4, 0.5) is 5.82 Å². The molecule has 0 amide bonds. The molecule has 0 bridgehead atoms. The number of likely N-dealkylation sites (tertiary alicyclic amines) is 1. The summed E-state index contributed by atoms with van der Waals surface area (Å²) in [7, 11) is 4.11. The minimum absolute atomic E-state index is 0.551. The van der Waals surface area contributed by atoms with Crippen molar-refractivity contribution in [2.75, 3.05) is 58.3 Å². The number of anilines is 1. The summed E-state index contributed by atoms with van der Waals surface area (Å²) >= 11 is 0. The minimum Gasteiger partial charge on any atom is -0.354 e. The number of piperazine rings is 1. The van der Waals surface area contributed by atoms with Crippen LogP contribution in [0.1, 0.15) is 44.1 Å². The molecular formula is C22H36N6.